The molecule has 0 fully saturated rings. The van der Waals surface area contributed by atoms with E-state index in [-0.39, 0.29) is 0 Å². The van der Waals surface area contributed by atoms with Gasteiger partial charge in [-0.05, 0) is 25.2 Å². The zero-order valence-electron chi connectivity index (χ0n) is 9.38. The van der Waals surface area contributed by atoms with Gasteiger partial charge in [-0.1, -0.05) is 32.8 Å². The lowest BCUT2D eigenvalue weighted by atomic mass is 9.96. The van der Waals surface area contributed by atoms with Crippen molar-refractivity contribution >= 4 is 10.5 Å². The van der Waals surface area contributed by atoms with Crippen LogP contribution in [0.25, 0.3) is 0 Å². The fraction of sp³-hybridized carbons (Fsp3) is 0.818. The maximum atomic E-state index is 5.58. The van der Waals surface area contributed by atoms with Gasteiger partial charge in [0.1, 0.15) is 10.5 Å². The third-order valence-corrected chi connectivity index (χ3v) is 3.30. The van der Waals surface area contributed by atoms with Gasteiger partial charge in [0.25, 0.3) is 0 Å². The molecule has 0 bridgehead atoms. The molecule has 0 aliphatic heterocycles. The molecule has 0 spiro atoms. The molecule has 0 aliphatic rings. The second kappa shape index (κ2) is 8.51. The molecule has 0 radical (unpaired) electrons. The van der Waals surface area contributed by atoms with E-state index in [2.05, 4.69) is 26.5 Å². The maximum absolute atomic E-state index is 5.58. The van der Waals surface area contributed by atoms with Crippen LogP contribution in [0.3, 0.4) is 0 Å². The van der Waals surface area contributed by atoms with Crippen LogP contribution >= 0.6 is 0 Å². The lowest BCUT2D eigenvalue weighted by Gasteiger charge is -2.19. The van der Waals surface area contributed by atoms with Crippen LogP contribution in [0.15, 0.2) is 12.7 Å². The van der Waals surface area contributed by atoms with E-state index >= 15 is 0 Å². The molecular weight excluding hydrogens is 176 g/mol. The average Bonchev–Trinajstić information content (AvgIpc) is 2.19. The van der Waals surface area contributed by atoms with Crippen LogP contribution in [-0.2, 0) is 4.43 Å². The van der Waals surface area contributed by atoms with Crippen molar-refractivity contribution in [2.24, 2.45) is 5.92 Å². The molecule has 78 valence electrons. The highest BCUT2D eigenvalue weighted by molar-refractivity contribution is 5.98. The van der Waals surface area contributed by atoms with Crippen molar-refractivity contribution in [1.82, 2.24) is 0 Å². The Morgan fingerprint density at radius 1 is 1.46 bits per heavy atom. The topological polar surface area (TPSA) is 9.23 Å². The first-order valence-corrected chi connectivity index (χ1v) is 6.25. The third kappa shape index (κ3) is 6.05. The predicted molar refractivity (Wildman–Crippen MR) is 62.9 cm³/mol. The molecule has 0 aromatic heterocycles. The van der Waals surface area contributed by atoms with Crippen molar-refractivity contribution in [3.8, 4) is 0 Å². The summed E-state index contributed by atoms with van der Waals surface area (Å²) in [4.78, 5) is 0. The molecule has 13 heavy (non-hydrogen) atoms. The van der Waals surface area contributed by atoms with Gasteiger partial charge in [-0.25, -0.2) is 0 Å². The molecule has 0 amide bonds. The number of hydrogen-bond acceptors (Lipinski definition) is 1. The molecule has 2 atom stereocenters. The van der Waals surface area contributed by atoms with Gasteiger partial charge in [0.05, 0.1) is 0 Å². The van der Waals surface area contributed by atoms with Gasteiger partial charge in [0.15, 0.2) is 0 Å². The molecule has 2 heteroatoms. The Morgan fingerprint density at radius 3 is 2.54 bits per heavy atom. The summed E-state index contributed by atoms with van der Waals surface area (Å²) in [7, 11) is 0.865. The Morgan fingerprint density at radius 2 is 2.15 bits per heavy atom. The fourth-order valence-electron chi connectivity index (χ4n) is 1.53. The Bertz CT molecular complexity index is 125. The van der Waals surface area contributed by atoms with Gasteiger partial charge >= 0.3 is 0 Å². The van der Waals surface area contributed by atoms with Gasteiger partial charge in [-0.3, -0.25) is 0 Å². The monoisotopic (exact) mass is 200 g/mol. The molecule has 0 aromatic carbocycles. The van der Waals surface area contributed by atoms with Gasteiger partial charge < -0.3 is 4.43 Å². The highest BCUT2D eigenvalue weighted by atomic mass is 28.2. The van der Waals surface area contributed by atoms with Gasteiger partial charge in [-0.15, -0.1) is 6.58 Å². The maximum Gasteiger partial charge on any atom is 0.146 e. The van der Waals surface area contributed by atoms with Crippen molar-refractivity contribution < 1.29 is 4.43 Å². The first-order chi connectivity index (χ1) is 6.28. The van der Waals surface area contributed by atoms with Crippen molar-refractivity contribution in [2.75, 3.05) is 0 Å². The fourth-order valence-corrected chi connectivity index (χ4v) is 1.96. The number of rotatable bonds is 8. The number of allylic oxidation sites excluding steroid dienone is 1. The molecule has 0 rings (SSSR count). The molecule has 0 saturated carbocycles. The Labute approximate surface area is 86.1 Å². The summed E-state index contributed by atoms with van der Waals surface area (Å²) in [6.45, 7) is 8.30. The number of hydrogen-bond donors (Lipinski definition) is 0. The highest BCUT2D eigenvalue weighted by Gasteiger charge is 2.10. The van der Waals surface area contributed by atoms with Crippen LogP contribution in [0.2, 0.25) is 0 Å². The summed E-state index contributed by atoms with van der Waals surface area (Å²) in [5, 5.41) is 0. The standard InChI is InChI=1S/C11H24OSi/c1-4-7-8-11(12-13)9-10(5-2)6-3/h5,10-11H,2,4,6-9H2,1,3,13H3. The zero-order chi connectivity index (χ0) is 10.1. The van der Waals surface area contributed by atoms with E-state index in [1.165, 1.54) is 32.1 Å². The Balaban J connectivity index is 3.73. The average molecular weight is 200 g/mol. The molecule has 0 heterocycles. The van der Waals surface area contributed by atoms with E-state index in [0.717, 1.165) is 10.5 Å². The van der Waals surface area contributed by atoms with Crippen LogP contribution in [0.1, 0.15) is 46.0 Å². The van der Waals surface area contributed by atoms with Crippen molar-refractivity contribution in [1.29, 1.82) is 0 Å². The van der Waals surface area contributed by atoms with Gasteiger partial charge in [0.2, 0.25) is 0 Å². The normalized spacial score (nSPS) is 15.5. The lowest BCUT2D eigenvalue weighted by molar-refractivity contribution is 0.178. The van der Waals surface area contributed by atoms with Crippen LogP contribution in [0.5, 0.6) is 0 Å². The second-order valence-corrected chi connectivity index (χ2v) is 4.11. The summed E-state index contributed by atoms with van der Waals surface area (Å²) in [5.74, 6) is 0.649. The lowest BCUT2D eigenvalue weighted by Crippen LogP contribution is -2.15. The number of unbranched alkanes of at least 4 members (excludes halogenated alkanes) is 1. The molecule has 0 N–H and O–H groups in total. The minimum absolute atomic E-state index is 0.495. The highest BCUT2D eigenvalue weighted by Crippen LogP contribution is 2.17. The SMILES string of the molecule is C=CC(CC)CC(CCCC)O[SiH3]. The van der Waals surface area contributed by atoms with Crippen LogP contribution in [0, 0.1) is 5.92 Å². The molecule has 0 aromatic rings. The van der Waals surface area contributed by atoms with E-state index in [4.69, 9.17) is 4.43 Å². The Kier molecular flexibility index (Phi) is 8.46. The van der Waals surface area contributed by atoms with Crippen molar-refractivity contribution in [2.45, 2.75) is 52.1 Å². The zero-order valence-corrected chi connectivity index (χ0v) is 11.4. The Hall–Kier alpha value is -0.0831. The van der Waals surface area contributed by atoms with Crippen LogP contribution in [0.4, 0.5) is 0 Å². The quantitative estimate of drug-likeness (QED) is 0.432. The molecule has 2 unspecified atom stereocenters. The van der Waals surface area contributed by atoms with Crippen molar-refractivity contribution in [3.05, 3.63) is 12.7 Å². The van der Waals surface area contributed by atoms with E-state index in [9.17, 15) is 0 Å². The predicted octanol–water partition coefficient (Wildman–Crippen LogP) is 2.44. The minimum Gasteiger partial charge on any atom is -0.425 e. The summed E-state index contributed by atoms with van der Waals surface area (Å²) >= 11 is 0. The largest absolute Gasteiger partial charge is 0.425 e. The van der Waals surface area contributed by atoms with Crippen LogP contribution < -0.4 is 0 Å². The molecule has 0 aliphatic carbocycles. The van der Waals surface area contributed by atoms with Crippen LogP contribution in [-0.4, -0.2) is 16.6 Å². The summed E-state index contributed by atoms with van der Waals surface area (Å²) in [6.07, 6.45) is 8.71. The van der Waals surface area contributed by atoms with Crippen molar-refractivity contribution in [3.63, 3.8) is 0 Å². The molecular formula is C11H24OSi. The summed E-state index contributed by atoms with van der Waals surface area (Å²) < 4.78 is 5.58. The summed E-state index contributed by atoms with van der Waals surface area (Å²) in [6, 6.07) is 0. The first kappa shape index (κ1) is 12.9. The van der Waals surface area contributed by atoms with E-state index < -0.39 is 0 Å². The first-order valence-electron chi connectivity index (χ1n) is 5.43. The minimum atomic E-state index is 0.495. The van der Waals surface area contributed by atoms with E-state index in [1.54, 1.807) is 0 Å². The molecule has 1 nitrogen and oxygen atoms in total. The molecule has 0 saturated heterocycles. The van der Waals surface area contributed by atoms with Gasteiger partial charge in [0, 0.05) is 6.10 Å². The van der Waals surface area contributed by atoms with Gasteiger partial charge in [-0.2, -0.15) is 0 Å². The summed E-state index contributed by atoms with van der Waals surface area (Å²) in [5.41, 5.74) is 0. The van der Waals surface area contributed by atoms with E-state index in [0.29, 0.717) is 12.0 Å². The smallest absolute Gasteiger partial charge is 0.146 e. The second-order valence-electron chi connectivity index (χ2n) is 3.64. The van der Waals surface area contributed by atoms with E-state index in [1.807, 2.05) is 0 Å². The third-order valence-electron chi connectivity index (χ3n) is 2.64.